The molecule has 0 fully saturated rings. The molecule has 2 aromatic heterocycles. The molecule has 0 bridgehead atoms. The van der Waals surface area contributed by atoms with E-state index in [9.17, 15) is 14.4 Å². The molecular weight excluding hydrogens is 444 g/mol. The lowest BCUT2D eigenvalue weighted by Gasteiger charge is -2.15. The van der Waals surface area contributed by atoms with Crippen LogP contribution in [0.15, 0.2) is 48.8 Å². The summed E-state index contributed by atoms with van der Waals surface area (Å²) in [7, 11) is 1.64. The van der Waals surface area contributed by atoms with Crippen LogP contribution >= 0.6 is 11.3 Å². The van der Waals surface area contributed by atoms with Crippen molar-refractivity contribution in [1.29, 1.82) is 0 Å². The number of nitrogens with zero attached hydrogens (tertiary/aromatic N) is 3. The average molecular weight is 469 g/mol. The minimum absolute atomic E-state index is 0.123. The second-order valence-corrected chi connectivity index (χ2v) is 7.98. The highest BCUT2D eigenvalue weighted by Crippen LogP contribution is 2.40. The Hall–Kier alpha value is -3.79. The van der Waals surface area contributed by atoms with E-state index in [1.165, 1.54) is 16.2 Å². The van der Waals surface area contributed by atoms with Crippen molar-refractivity contribution in [2.75, 3.05) is 37.0 Å². The van der Waals surface area contributed by atoms with Crippen molar-refractivity contribution in [2.24, 2.45) is 0 Å². The number of anilines is 2. The molecule has 10 heteroatoms. The molecule has 3 aromatic rings. The number of benzene rings is 1. The second-order valence-electron chi connectivity index (χ2n) is 6.96. The third kappa shape index (κ3) is 6.13. The van der Waals surface area contributed by atoms with Crippen molar-refractivity contribution in [1.82, 2.24) is 9.97 Å². The fraction of sp³-hybridized carbons (Fsp3) is 0.261. The van der Waals surface area contributed by atoms with Crippen LogP contribution in [0.2, 0.25) is 0 Å². The molecule has 0 atom stereocenters. The van der Waals surface area contributed by atoms with Crippen LogP contribution in [0.4, 0.5) is 10.9 Å². The predicted octanol–water partition coefficient (Wildman–Crippen LogP) is 3.31. The largest absolute Gasteiger partial charge is 0.462 e. The van der Waals surface area contributed by atoms with E-state index >= 15 is 0 Å². The quantitative estimate of drug-likeness (QED) is 0.476. The Morgan fingerprint density at radius 3 is 2.42 bits per heavy atom. The first kappa shape index (κ1) is 23.9. The third-order valence-corrected chi connectivity index (χ3v) is 5.80. The molecule has 1 N–H and O–H groups in total. The zero-order valence-electron chi connectivity index (χ0n) is 18.5. The van der Waals surface area contributed by atoms with Gasteiger partial charge in [-0.05, 0) is 31.0 Å². The molecule has 0 spiro atoms. The number of carbonyl (C=O) groups excluding carboxylic acids is 3. The zero-order valence-corrected chi connectivity index (χ0v) is 19.3. The van der Waals surface area contributed by atoms with Gasteiger partial charge >= 0.3 is 11.9 Å². The Morgan fingerprint density at radius 1 is 1.06 bits per heavy atom. The van der Waals surface area contributed by atoms with Gasteiger partial charge in [-0.2, -0.15) is 0 Å². The number of carbonyl (C=O) groups is 3. The lowest BCUT2D eigenvalue weighted by Crippen LogP contribution is -2.30. The Labute approximate surface area is 195 Å². The Balaban J connectivity index is 1.68. The van der Waals surface area contributed by atoms with Crippen LogP contribution in [-0.2, 0) is 19.1 Å². The Morgan fingerprint density at radius 2 is 1.76 bits per heavy atom. The normalized spacial score (nSPS) is 10.4. The van der Waals surface area contributed by atoms with Crippen LogP contribution in [-0.4, -0.2) is 54.6 Å². The van der Waals surface area contributed by atoms with Gasteiger partial charge in [0.25, 0.3) is 5.91 Å². The molecule has 0 aliphatic rings. The number of hydrogen-bond acceptors (Lipinski definition) is 9. The molecule has 0 aliphatic heterocycles. The van der Waals surface area contributed by atoms with Crippen molar-refractivity contribution >= 4 is 40.1 Å². The molecule has 172 valence electrons. The first-order valence-corrected chi connectivity index (χ1v) is 11.0. The van der Waals surface area contributed by atoms with Crippen LogP contribution in [0.3, 0.4) is 0 Å². The van der Waals surface area contributed by atoms with E-state index in [0.717, 1.165) is 10.4 Å². The molecule has 0 radical (unpaired) electrons. The standard InChI is InChI=1S/C23H24N4O5S/c1-4-31-22(30)19-15(2)20(16-9-6-5-7-10-16)33-21(19)26-17(28)14-32-18(29)13-27(3)23-24-11-8-12-25-23/h5-12H,4,13-14H2,1-3H3,(H,26,28). The minimum Gasteiger partial charge on any atom is -0.462 e. The maximum atomic E-state index is 12.6. The molecule has 3 rings (SSSR count). The van der Waals surface area contributed by atoms with Gasteiger partial charge in [0, 0.05) is 24.3 Å². The molecule has 33 heavy (non-hydrogen) atoms. The lowest BCUT2D eigenvalue weighted by atomic mass is 10.1. The number of esters is 2. The monoisotopic (exact) mass is 468 g/mol. The summed E-state index contributed by atoms with van der Waals surface area (Å²) < 4.78 is 10.3. The van der Waals surface area contributed by atoms with E-state index in [4.69, 9.17) is 9.47 Å². The maximum absolute atomic E-state index is 12.6. The van der Waals surface area contributed by atoms with Crippen LogP contribution in [0.1, 0.15) is 22.8 Å². The molecule has 0 saturated carbocycles. The Kier molecular flexibility index (Phi) is 8.09. The molecule has 0 aliphatic carbocycles. The number of rotatable bonds is 9. The Bertz CT molecular complexity index is 1120. The third-order valence-electron chi connectivity index (χ3n) is 4.54. The summed E-state index contributed by atoms with van der Waals surface area (Å²) in [5, 5.41) is 3.03. The first-order valence-electron chi connectivity index (χ1n) is 10.2. The fourth-order valence-electron chi connectivity index (χ4n) is 3.02. The number of nitrogens with one attached hydrogen (secondary N) is 1. The SMILES string of the molecule is CCOC(=O)c1c(NC(=O)COC(=O)CN(C)c2ncccn2)sc(-c2ccccc2)c1C. The molecule has 0 unspecified atom stereocenters. The predicted molar refractivity (Wildman–Crippen MR) is 125 cm³/mol. The fourth-order valence-corrected chi connectivity index (χ4v) is 4.24. The van der Waals surface area contributed by atoms with E-state index < -0.39 is 24.5 Å². The van der Waals surface area contributed by atoms with Gasteiger partial charge in [-0.3, -0.25) is 9.59 Å². The number of likely N-dealkylation sites (N-methyl/N-ethyl adjacent to an activating group) is 1. The lowest BCUT2D eigenvalue weighted by molar-refractivity contribution is -0.145. The van der Waals surface area contributed by atoms with Gasteiger partial charge in [-0.15, -0.1) is 11.3 Å². The topological polar surface area (TPSA) is 111 Å². The van der Waals surface area contributed by atoms with Crippen LogP contribution in [0.5, 0.6) is 0 Å². The zero-order chi connectivity index (χ0) is 23.8. The number of amides is 1. The number of aromatic nitrogens is 2. The summed E-state index contributed by atoms with van der Waals surface area (Å²) in [6, 6.07) is 11.2. The molecule has 1 aromatic carbocycles. The van der Waals surface area contributed by atoms with E-state index in [1.807, 2.05) is 37.3 Å². The molecular formula is C23H24N4O5S. The van der Waals surface area contributed by atoms with Crippen molar-refractivity contribution in [3.05, 3.63) is 59.9 Å². The van der Waals surface area contributed by atoms with Crippen molar-refractivity contribution in [3.8, 4) is 10.4 Å². The van der Waals surface area contributed by atoms with Crippen molar-refractivity contribution in [2.45, 2.75) is 13.8 Å². The summed E-state index contributed by atoms with van der Waals surface area (Å²) in [5.74, 6) is -1.34. The minimum atomic E-state index is -0.613. The number of hydrogen-bond donors (Lipinski definition) is 1. The first-order chi connectivity index (χ1) is 15.9. The molecule has 2 heterocycles. The van der Waals surface area contributed by atoms with Gasteiger partial charge in [0.05, 0.1) is 12.2 Å². The van der Waals surface area contributed by atoms with Gasteiger partial charge in [0.2, 0.25) is 5.95 Å². The van der Waals surface area contributed by atoms with Crippen LogP contribution in [0, 0.1) is 6.92 Å². The summed E-state index contributed by atoms with van der Waals surface area (Å²) >= 11 is 1.27. The van der Waals surface area contributed by atoms with Gasteiger partial charge in [-0.25, -0.2) is 14.8 Å². The molecule has 9 nitrogen and oxygen atoms in total. The summed E-state index contributed by atoms with van der Waals surface area (Å²) in [6.07, 6.45) is 3.12. The number of ether oxygens (including phenoxy) is 2. The molecule has 0 saturated heterocycles. The van der Waals surface area contributed by atoms with Gasteiger partial charge in [0.15, 0.2) is 6.61 Å². The highest BCUT2D eigenvalue weighted by molar-refractivity contribution is 7.20. The van der Waals surface area contributed by atoms with Gasteiger partial charge < -0.3 is 19.7 Å². The van der Waals surface area contributed by atoms with Crippen LogP contribution < -0.4 is 10.2 Å². The highest BCUT2D eigenvalue weighted by atomic mass is 32.1. The maximum Gasteiger partial charge on any atom is 0.341 e. The highest BCUT2D eigenvalue weighted by Gasteiger charge is 2.24. The molecule has 1 amide bonds. The van der Waals surface area contributed by atoms with E-state index in [1.54, 1.807) is 32.4 Å². The van der Waals surface area contributed by atoms with E-state index in [-0.39, 0.29) is 13.2 Å². The van der Waals surface area contributed by atoms with E-state index in [0.29, 0.717) is 22.1 Å². The summed E-state index contributed by atoms with van der Waals surface area (Å²) in [5.41, 5.74) is 1.92. The number of thiophene rings is 1. The van der Waals surface area contributed by atoms with Crippen molar-refractivity contribution in [3.63, 3.8) is 0 Å². The van der Waals surface area contributed by atoms with Crippen LogP contribution in [0.25, 0.3) is 10.4 Å². The van der Waals surface area contributed by atoms with E-state index in [2.05, 4.69) is 15.3 Å². The second kappa shape index (κ2) is 11.2. The van der Waals surface area contributed by atoms with Crippen molar-refractivity contribution < 1.29 is 23.9 Å². The average Bonchev–Trinajstić information content (AvgIpc) is 3.14. The van der Waals surface area contributed by atoms with Gasteiger partial charge in [0.1, 0.15) is 11.5 Å². The summed E-state index contributed by atoms with van der Waals surface area (Å²) in [4.78, 5) is 47.6. The van der Waals surface area contributed by atoms with Gasteiger partial charge in [-0.1, -0.05) is 30.3 Å². The smallest absolute Gasteiger partial charge is 0.341 e. The summed E-state index contributed by atoms with van der Waals surface area (Å²) in [6.45, 7) is 3.11.